The SMILES string of the molecule is O=C(Nc1ccc(N2CCOCC2)cc1)c1ccc2ccccc2n1. The van der Waals surface area contributed by atoms with Crippen LogP contribution >= 0.6 is 0 Å². The lowest BCUT2D eigenvalue weighted by Crippen LogP contribution is -2.36. The molecule has 2 heterocycles. The van der Waals surface area contributed by atoms with E-state index < -0.39 is 0 Å². The Bertz CT molecular complexity index is 887. The Morgan fingerprint density at radius 2 is 1.72 bits per heavy atom. The van der Waals surface area contributed by atoms with Gasteiger partial charge in [0.15, 0.2) is 0 Å². The zero-order valence-corrected chi connectivity index (χ0v) is 13.8. The van der Waals surface area contributed by atoms with Crippen molar-refractivity contribution in [3.05, 3.63) is 66.4 Å². The number of hydrogen-bond acceptors (Lipinski definition) is 4. The highest BCUT2D eigenvalue weighted by Crippen LogP contribution is 2.20. The molecule has 4 rings (SSSR count). The van der Waals surface area contributed by atoms with E-state index in [0.717, 1.165) is 48.6 Å². The molecule has 5 nitrogen and oxygen atoms in total. The maximum Gasteiger partial charge on any atom is 0.274 e. The molecule has 2 aromatic carbocycles. The van der Waals surface area contributed by atoms with E-state index >= 15 is 0 Å². The summed E-state index contributed by atoms with van der Waals surface area (Å²) in [6.45, 7) is 3.30. The molecule has 1 N–H and O–H groups in total. The van der Waals surface area contributed by atoms with Crippen molar-refractivity contribution < 1.29 is 9.53 Å². The Labute approximate surface area is 146 Å². The molecule has 1 aliphatic rings. The molecule has 1 aromatic heterocycles. The molecule has 1 saturated heterocycles. The van der Waals surface area contributed by atoms with E-state index in [9.17, 15) is 4.79 Å². The van der Waals surface area contributed by atoms with E-state index in [1.54, 1.807) is 6.07 Å². The van der Waals surface area contributed by atoms with Crippen LogP contribution in [0.1, 0.15) is 10.5 Å². The fraction of sp³-hybridized carbons (Fsp3) is 0.200. The van der Waals surface area contributed by atoms with E-state index in [-0.39, 0.29) is 5.91 Å². The maximum absolute atomic E-state index is 12.4. The molecule has 0 spiro atoms. The number of benzene rings is 2. The topological polar surface area (TPSA) is 54.5 Å². The van der Waals surface area contributed by atoms with Crippen LogP contribution in [0.15, 0.2) is 60.7 Å². The smallest absolute Gasteiger partial charge is 0.274 e. The third kappa shape index (κ3) is 3.46. The number of carbonyl (C=O) groups is 1. The maximum atomic E-state index is 12.4. The average Bonchev–Trinajstić information content (AvgIpc) is 2.69. The molecular formula is C20H19N3O2. The minimum atomic E-state index is -0.204. The number of amides is 1. The van der Waals surface area contributed by atoms with Crippen LogP contribution in [0, 0.1) is 0 Å². The summed E-state index contributed by atoms with van der Waals surface area (Å²) < 4.78 is 5.37. The van der Waals surface area contributed by atoms with Crippen molar-refractivity contribution in [1.29, 1.82) is 0 Å². The number of nitrogens with one attached hydrogen (secondary N) is 1. The van der Waals surface area contributed by atoms with Crippen LogP contribution in [0.3, 0.4) is 0 Å². The predicted octanol–water partition coefficient (Wildman–Crippen LogP) is 3.32. The summed E-state index contributed by atoms with van der Waals surface area (Å²) >= 11 is 0. The van der Waals surface area contributed by atoms with Crippen molar-refractivity contribution in [3.8, 4) is 0 Å². The van der Waals surface area contributed by atoms with Crippen LogP contribution < -0.4 is 10.2 Å². The van der Waals surface area contributed by atoms with Crippen LogP contribution in [-0.2, 0) is 4.74 Å². The van der Waals surface area contributed by atoms with Gasteiger partial charge in [0, 0.05) is 29.9 Å². The van der Waals surface area contributed by atoms with Gasteiger partial charge < -0.3 is 15.0 Å². The molecule has 3 aromatic rings. The molecule has 0 unspecified atom stereocenters. The van der Waals surface area contributed by atoms with Crippen LogP contribution in [0.5, 0.6) is 0 Å². The van der Waals surface area contributed by atoms with Crippen LogP contribution in [0.2, 0.25) is 0 Å². The number of hydrogen-bond donors (Lipinski definition) is 1. The van der Waals surface area contributed by atoms with Crippen molar-refractivity contribution in [1.82, 2.24) is 4.98 Å². The largest absolute Gasteiger partial charge is 0.378 e. The predicted molar refractivity (Wildman–Crippen MR) is 99.2 cm³/mol. The third-order valence-corrected chi connectivity index (χ3v) is 4.33. The van der Waals surface area contributed by atoms with Gasteiger partial charge in [0.1, 0.15) is 5.69 Å². The second-order valence-electron chi connectivity index (χ2n) is 5.99. The van der Waals surface area contributed by atoms with Crippen molar-refractivity contribution >= 4 is 28.2 Å². The molecule has 126 valence electrons. The summed E-state index contributed by atoms with van der Waals surface area (Å²) in [5.41, 5.74) is 3.14. The fourth-order valence-electron chi connectivity index (χ4n) is 2.96. The second kappa shape index (κ2) is 6.91. The standard InChI is InChI=1S/C20H19N3O2/c24-20(19-10-5-15-3-1-2-4-18(15)22-19)21-16-6-8-17(9-7-16)23-11-13-25-14-12-23/h1-10H,11-14H2,(H,21,24). The molecule has 25 heavy (non-hydrogen) atoms. The molecule has 0 saturated carbocycles. The first kappa shape index (κ1) is 15.6. The number of anilines is 2. The first-order valence-electron chi connectivity index (χ1n) is 8.39. The molecule has 0 atom stereocenters. The summed E-state index contributed by atoms with van der Waals surface area (Å²) in [5.74, 6) is -0.204. The minimum Gasteiger partial charge on any atom is -0.378 e. The number of morpholine rings is 1. The van der Waals surface area contributed by atoms with Gasteiger partial charge in [-0.1, -0.05) is 24.3 Å². The lowest BCUT2D eigenvalue weighted by molar-refractivity contribution is 0.102. The van der Waals surface area contributed by atoms with Crippen LogP contribution in [-0.4, -0.2) is 37.2 Å². The van der Waals surface area contributed by atoms with Crippen LogP contribution in [0.25, 0.3) is 10.9 Å². The molecule has 1 aliphatic heterocycles. The van der Waals surface area contributed by atoms with Crippen molar-refractivity contribution in [2.45, 2.75) is 0 Å². The Kier molecular flexibility index (Phi) is 4.31. The van der Waals surface area contributed by atoms with Gasteiger partial charge >= 0.3 is 0 Å². The van der Waals surface area contributed by atoms with Crippen molar-refractivity contribution in [3.63, 3.8) is 0 Å². The highest BCUT2D eigenvalue weighted by molar-refractivity contribution is 6.04. The third-order valence-electron chi connectivity index (χ3n) is 4.33. The quantitative estimate of drug-likeness (QED) is 0.799. The van der Waals surface area contributed by atoms with Crippen LogP contribution in [0.4, 0.5) is 11.4 Å². The van der Waals surface area contributed by atoms with Gasteiger partial charge in [-0.15, -0.1) is 0 Å². The molecule has 0 aliphatic carbocycles. The molecule has 5 heteroatoms. The Morgan fingerprint density at radius 3 is 2.52 bits per heavy atom. The van der Waals surface area contributed by atoms with Gasteiger partial charge in [-0.3, -0.25) is 4.79 Å². The van der Waals surface area contributed by atoms with E-state index in [1.807, 2.05) is 54.6 Å². The summed E-state index contributed by atoms with van der Waals surface area (Å²) in [7, 11) is 0. The summed E-state index contributed by atoms with van der Waals surface area (Å²) in [4.78, 5) is 19.1. The van der Waals surface area contributed by atoms with E-state index in [2.05, 4.69) is 15.2 Å². The number of aromatic nitrogens is 1. The van der Waals surface area contributed by atoms with Gasteiger partial charge in [0.05, 0.1) is 18.7 Å². The average molecular weight is 333 g/mol. The van der Waals surface area contributed by atoms with Gasteiger partial charge in [0.25, 0.3) is 5.91 Å². The Balaban J connectivity index is 1.47. The Morgan fingerprint density at radius 1 is 0.960 bits per heavy atom. The normalized spacial score (nSPS) is 14.5. The highest BCUT2D eigenvalue weighted by Gasteiger charge is 2.12. The van der Waals surface area contributed by atoms with Gasteiger partial charge in [0.2, 0.25) is 0 Å². The van der Waals surface area contributed by atoms with E-state index in [0.29, 0.717) is 5.69 Å². The summed E-state index contributed by atoms with van der Waals surface area (Å²) in [5, 5.41) is 3.93. The van der Waals surface area contributed by atoms with Gasteiger partial charge in [-0.05, 0) is 36.4 Å². The second-order valence-corrected chi connectivity index (χ2v) is 5.99. The molecule has 1 amide bonds. The van der Waals surface area contributed by atoms with E-state index in [4.69, 9.17) is 4.74 Å². The minimum absolute atomic E-state index is 0.204. The lowest BCUT2D eigenvalue weighted by atomic mass is 10.2. The number of fused-ring (bicyclic) bond motifs is 1. The lowest BCUT2D eigenvalue weighted by Gasteiger charge is -2.28. The number of nitrogens with zero attached hydrogens (tertiary/aromatic N) is 2. The number of rotatable bonds is 3. The van der Waals surface area contributed by atoms with Gasteiger partial charge in [-0.2, -0.15) is 0 Å². The van der Waals surface area contributed by atoms with Crippen molar-refractivity contribution in [2.24, 2.45) is 0 Å². The fourth-order valence-corrected chi connectivity index (χ4v) is 2.96. The number of pyridine rings is 1. The van der Waals surface area contributed by atoms with E-state index in [1.165, 1.54) is 0 Å². The zero-order chi connectivity index (χ0) is 17.1. The number of para-hydroxylation sites is 1. The van der Waals surface area contributed by atoms with Gasteiger partial charge in [-0.25, -0.2) is 4.98 Å². The zero-order valence-electron chi connectivity index (χ0n) is 13.8. The van der Waals surface area contributed by atoms with Crippen molar-refractivity contribution in [2.75, 3.05) is 36.5 Å². The summed E-state index contributed by atoms with van der Waals surface area (Å²) in [6.07, 6.45) is 0. The monoisotopic (exact) mass is 333 g/mol. The number of carbonyl (C=O) groups excluding carboxylic acids is 1. The first-order chi connectivity index (χ1) is 12.3. The summed E-state index contributed by atoms with van der Waals surface area (Å²) in [6, 6.07) is 19.3. The molecule has 0 radical (unpaired) electrons. The molecular weight excluding hydrogens is 314 g/mol. The highest BCUT2D eigenvalue weighted by atomic mass is 16.5. The Hall–Kier alpha value is -2.92. The number of ether oxygens (including phenoxy) is 1. The first-order valence-corrected chi connectivity index (χ1v) is 8.39. The molecule has 0 bridgehead atoms. The molecule has 1 fully saturated rings.